The standard InChI is InChI=1S/C15H12BrClO3/c1-2-9-6-12(3-4-14(9)17)20-13-7-10(15(18)19)5-11(16)8-13/h3-8H,2H2,1H3,(H,18,19). The lowest BCUT2D eigenvalue weighted by Gasteiger charge is -2.09. The van der Waals surface area contributed by atoms with E-state index in [0.29, 0.717) is 21.0 Å². The second kappa shape index (κ2) is 6.29. The zero-order chi connectivity index (χ0) is 14.7. The number of carboxylic acid groups (broad SMARTS) is 1. The van der Waals surface area contributed by atoms with E-state index < -0.39 is 5.97 Å². The first-order valence-corrected chi connectivity index (χ1v) is 7.17. The first-order valence-electron chi connectivity index (χ1n) is 5.99. The monoisotopic (exact) mass is 354 g/mol. The summed E-state index contributed by atoms with van der Waals surface area (Å²) in [6.45, 7) is 2.01. The molecule has 0 saturated heterocycles. The maximum absolute atomic E-state index is 11.0. The van der Waals surface area contributed by atoms with Crippen LogP contribution in [0.1, 0.15) is 22.8 Å². The normalized spacial score (nSPS) is 10.3. The zero-order valence-electron chi connectivity index (χ0n) is 10.7. The van der Waals surface area contributed by atoms with Crippen LogP contribution in [0.25, 0.3) is 0 Å². The first-order chi connectivity index (χ1) is 9.49. The Balaban J connectivity index is 2.32. The minimum absolute atomic E-state index is 0.166. The van der Waals surface area contributed by atoms with Crippen LogP contribution in [-0.4, -0.2) is 11.1 Å². The van der Waals surface area contributed by atoms with E-state index in [1.807, 2.05) is 13.0 Å². The number of rotatable bonds is 4. The molecule has 0 saturated carbocycles. The molecule has 5 heteroatoms. The Morgan fingerprint density at radius 1 is 1.25 bits per heavy atom. The van der Waals surface area contributed by atoms with Crippen LogP contribution in [-0.2, 0) is 6.42 Å². The Kier molecular flexibility index (Phi) is 4.68. The van der Waals surface area contributed by atoms with E-state index in [0.717, 1.165) is 12.0 Å². The lowest BCUT2D eigenvalue weighted by molar-refractivity contribution is 0.0696. The number of aryl methyl sites for hydroxylation is 1. The molecule has 0 atom stereocenters. The molecule has 2 rings (SSSR count). The molecule has 0 aliphatic heterocycles. The van der Waals surface area contributed by atoms with Gasteiger partial charge in [0.15, 0.2) is 0 Å². The molecule has 0 fully saturated rings. The summed E-state index contributed by atoms with van der Waals surface area (Å²) in [5, 5.41) is 9.72. The van der Waals surface area contributed by atoms with E-state index in [4.69, 9.17) is 21.4 Å². The summed E-state index contributed by atoms with van der Waals surface area (Å²) in [6, 6.07) is 10.1. The van der Waals surface area contributed by atoms with Gasteiger partial charge in [0.05, 0.1) is 5.56 Å². The second-order valence-corrected chi connectivity index (χ2v) is 5.51. The van der Waals surface area contributed by atoms with Gasteiger partial charge >= 0.3 is 5.97 Å². The second-order valence-electron chi connectivity index (χ2n) is 4.19. The fourth-order valence-electron chi connectivity index (χ4n) is 1.77. The molecule has 2 aromatic carbocycles. The van der Waals surface area contributed by atoms with Crippen molar-refractivity contribution in [3.8, 4) is 11.5 Å². The highest BCUT2D eigenvalue weighted by Gasteiger charge is 2.08. The summed E-state index contributed by atoms with van der Waals surface area (Å²) in [5.41, 5.74) is 1.15. The third-order valence-corrected chi connectivity index (χ3v) is 3.58. The summed E-state index contributed by atoms with van der Waals surface area (Å²) < 4.78 is 6.35. The molecule has 0 aliphatic carbocycles. The van der Waals surface area contributed by atoms with Crippen molar-refractivity contribution in [1.82, 2.24) is 0 Å². The van der Waals surface area contributed by atoms with Gasteiger partial charge in [0.25, 0.3) is 0 Å². The van der Waals surface area contributed by atoms with Gasteiger partial charge < -0.3 is 9.84 Å². The van der Waals surface area contributed by atoms with Crippen LogP contribution in [0, 0.1) is 0 Å². The fourth-order valence-corrected chi connectivity index (χ4v) is 2.49. The van der Waals surface area contributed by atoms with E-state index in [9.17, 15) is 4.79 Å². The van der Waals surface area contributed by atoms with E-state index in [2.05, 4.69) is 15.9 Å². The van der Waals surface area contributed by atoms with Gasteiger partial charge in [-0.1, -0.05) is 34.5 Å². The summed E-state index contributed by atoms with van der Waals surface area (Å²) in [6.07, 6.45) is 0.800. The predicted octanol–water partition coefficient (Wildman–Crippen LogP) is 5.16. The molecule has 0 spiro atoms. The van der Waals surface area contributed by atoms with E-state index in [-0.39, 0.29) is 5.56 Å². The topological polar surface area (TPSA) is 46.5 Å². The van der Waals surface area contributed by atoms with Gasteiger partial charge in [-0.25, -0.2) is 4.79 Å². The smallest absolute Gasteiger partial charge is 0.335 e. The Labute approximate surface area is 130 Å². The van der Waals surface area contributed by atoms with Gasteiger partial charge in [-0.2, -0.15) is 0 Å². The number of halogens is 2. The lowest BCUT2D eigenvalue weighted by Crippen LogP contribution is -1.97. The molecule has 3 nitrogen and oxygen atoms in total. The van der Waals surface area contributed by atoms with E-state index >= 15 is 0 Å². The molecule has 0 heterocycles. The summed E-state index contributed by atoms with van der Waals surface area (Å²) in [5.74, 6) is 0.0864. The highest BCUT2D eigenvalue weighted by molar-refractivity contribution is 9.10. The molecule has 0 bridgehead atoms. The van der Waals surface area contributed by atoms with Gasteiger partial charge in [0.1, 0.15) is 11.5 Å². The maximum Gasteiger partial charge on any atom is 0.335 e. The average Bonchev–Trinajstić information content (AvgIpc) is 2.40. The highest BCUT2D eigenvalue weighted by atomic mass is 79.9. The van der Waals surface area contributed by atoms with Crippen LogP contribution in [0.2, 0.25) is 5.02 Å². The molecule has 0 unspecified atom stereocenters. The average molecular weight is 356 g/mol. The largest absolute Gasteiger partial charge is 0.478 e. The van der Waals surface area contributed by atoms with Crippen LogP contribution in [0.3, 0.4) is 0 Å². The molecular weight excluding hydrogens is 344 g/mol. The fraction of sp³-hybridized carbons (Fsp3) is 0.133. The van der Waals surface area contributed by atoms with Gasteiger partial charge in [-0.05, 0) is 48.4 Å². The molecular formula is C15H12BrClO3. The van der Waals surface area contributed by atoms with Crippen LogP contribution in [0.5, 0.6) is 11.5 Å². The minimum atomic E-state index is -0.999. The molecule has 20 heavy (non-hydrogen) atoms. The van der Waals surface area contributed by atoms with Crippen molar-refractivity contribution in [3.63, 3.8) is 0 Å². The SMILES string of the molecule is CCc1cc(Oc2cc(Br)cc(C(=O)O)c2)ccc1Cl. The van der Waals surface area contributed by atoms with Crippen molar-refractivity contribution in [2.75, 3.05) is 0 Å². The van der Waals surface area contributed by atoms with Gasteiger partial charge in [-0.15, -0.1) is 0 Å². The van der Waals surface area contributed by atoms with Crippen molar-refractivity contribution < 1.29 is 14.6 Å². The quantitative estimate of drug-likeness (QED) is 0.824. The van der Waals surface area contributed by atoms with Crippen molar-refractivity contribution in [2.45, 2.75) is 13.3 Å². The summed E-state index contributed by atoms with van der Waals surface area (Å²) in [7, 11) is 0. The molecule has 2 aromatic rings. The predicted molar refractivity (Wildman–Crippen MR) is 82.0 cm³/mol. The number of benzene rings is 2. The minimum Gasteiger partial charge on any atom is -0.478 e. The van der Waals surface area contributed by atoms with E-state index in [1.54, 1.807) is 18.2 Å². The number of carboxylic acids is 1. The number of hydrogen-bond acceptors (Lipinski definition) is 2. The van der Waals surface area contributed by atoms with Crippen molar-refractivity contribution >= 4 is 33.5 Å². The lowest BCUT2D eigenvalue weighted by atomic mass is 10.1. The van der Waals surface area contributed by atoms with Crippen LogP contribution < -0.4 is 4.74 Å². The Hall–Kier alpha value is -1.52. The maximum atomic E-state index is 11.0. The van der Waals surface area contributed by atoms with Crippen molar-refractivity contribution in [1.29, 1.82) is 0 Å². The Morgan fingerprint density at radius 3 is 2.65 bits per heavy atom. The number of aromatic carboxylic acids is 1. The number of ether oxygens (including phenoxy) is 1. The molecule has 0 amide bonds. The number of hydrogen-bond donors (Lipinski definition) is 1. The molecule has 0 aromatic heterocycles. The third-order valence-electron chi connectivity index (χ3n) is 2.75. The first kappa shape index (κ1) is 14.9. The van der Waals surface area contributed by atoms with Gasteiger partial charge in [-0.3, -0.25) is 0 Å². The Bertz CT molecular complexity index is 656. The summed E-state index contributed by atoms with van der Waals surface area (Å²) >= 11 is 9.32. The molecule has 1 N–H and O–H groups in total. The van der Waals surface area contributed by atoms with Crippen molar-refractivity contribution in [2.24, 2.45) is 0 Å². The van der Waals surface area contributed by atoms with Gasteiger partial charge in [0, 0.05) is 9.50 Å². The highest BCUT2D eigenvalue weighted by Crippen LogP contribution is 2.29. The molecule has 0 radical (unpaired) electrons. The molecule has 104 valence electrons. The van der Waals surface area contributed by atoms with Crippen LogP contribution in [0.4, 0.5) is 0 Å². The van der Waals surface area contributed by atoms with Crippen LogP contribution >= 0.6 is 27.5 Å². The molecule has 0 aliphatic rings. The zero-order valence-corrected chi connectivity index (χ0v) is 13.0. The van der Waals surface area contributed by atoms with Crippen molar-refractivity contribution in [3.05, 3.63) is 57.0 Å². The third kappa shape index (κ3) is 3.52. The Morgan fingerprint density at radius 2 is 2.00 bits per heavy atom. The van der Waals surface area contributed by atoms with Crippen LogP contribution in [0.15, 0.2) is 40.9 Å². The summed E-state index contributed by atoms with van der Waals surface area (Å²) in [4.78, 5) is 11.0. The van der Waals surface area contributed by atoms with Gasteiger partial charge in [0.2, 0.25) is 0 Å². The van der Waals surface area contributed by atoms with E-state index in [1.165, 1.54) is 12.1 Å². The number of carbonyl (C=O) groups is 1.